The number of anilines is 1. The molecule has 5 nitrogen and oxygen atoms in total. The number of hydrogen-bond acceptors (Lipinski definition) is 4. The number of benzene rings is 1. The van der Waals surface area contributed by atoms with E-state index in [1.807, 2.05) is 11.0 Å². The summed E-state index contributed by atoms with van der Waals surface area (Å²) < 4.78 is 0. The lowest BCUT2D eigenvalue weighted by Gasteiger charge is -2.23. The number of alkyl halides is 2. The van der Waals surface area contributed by atoms with Crippen molar-refractivity contribution in [1.29, 1.82) is 5.26 Å². The van der Waals surface area contributed by atoms with Crippen molar-refractivity contribution in [2.75, 3.05) is 29.7 Å². The Balaban J connectivity index is 3.14. The standard InChI is InChI=1S/C11H11Cl2N3O2/c12-3-5-15(6-4-13)11-2-1-10(16(17)18)7-9(11)8-14/h1-2,7H,3-6H2. The average Bonchev–Trinajstić information content (AvgIpc) is 2.37. The Morgan fingerprint density at radius 3 is 2.39 bits per heavy atom. The number of nitriles is 1. The summed E-state index contributed by atoms with van der Waals surface area (Å²) in [6.07, 6.45) is 0. The average molecular weight is 288 g/mol. The second kappa shape index (κ2) is 7.04. The van der Waals surface area contributed by atoms with E-state index in [1.165, 1.54) is 12.1 Å². The van der Waals surface area contributed by atoms with Crippen molar-refractivity contribution in [3.05, 3.63) is 33.9 Å². The van der Waals surface area contributed by atoms with Crippen molar-refractivity contribution in [2.24, 2.45) is 0 Å². The fourth-order valence-electron chi connectivity index (χ4n) is 1.56. The summed E-state index contributed by atoms with van der Waals surface area (Å²) in [6.45, 7) is 1.06. The molecule has 0 fully saturated rings. The molecule has 0 aliphatic heterocycles. The highest BCUT2D eigenvalue weighted by Crippen LogP contribution is 2.25. The Morgan fingerprint density at radius 2 is 1.94 bits per heavy atom. The summed E-state index contributed by atoms with van der Waals surface area (Å²) in [5.74, 6) is 0.775. The molecule has 18 heavy (non-hydrogen) atoms. The lowest BCUT2D eigenvalue weighted by Crippen LogP contribution is -2.28. The maximum atomic E-state index is 10.6. The van der Waals surface area contributed by atoms with E-state index in [0.717, 1.165) is 0 Å². The molecule has 0 saturated carbocycles. The molecule has 0 amide bonds. The molecule has 0 aliphatic carbocycles. The molecule has 1 rings (SSSR count). The summed E-state index contributed by atoms with van der Waals surface area (Å²) in [7, 11) is 0. The number of nitro benzene ring substituents is 1. The fourth-order valence-corrected chi connectivity index (χ4v) is 1.97. The summed E-state index contributed by atoms with van der Waals surface area (Å²) >= 11 is 11.4. The highest BCUT2D eigenvalue weighted by atomic mass is 35.5. The Hall–Kier alpha value is -1.51. The molecule has 0 heterocycles. The Bertz CT molecular complexity index is 468. The smallest absolute Gasteiger partial charge is 0.270 e. The number of nitro groups is 1. The number of halogens is 2. The quantitative estimate of drug-likeness (QED) is 0.458. The zero-order valence-electron chi connectivity index (χ0n) is 9.47. The first-order valence-electron chi connectivity index (χ1n) is 5.19. The number of nitrogens with zero attached hydrogens (tertiary/aromatic N) is 3. The van der Waals surface area contributed by atoms with Gasteiger partial charge in [0.25, 0.3) is 5.69 Å². The van der Waals surface area contributed by atoms with Crippen LogP contribution >= 0.6 is 23.2 Å². The third-order valence-corrected chi connectivity index (χ3v) is 2.70. The Kier molecular flexibility index (Phi) is 5.69. The lowest BCUT2D eigenvalue weighted by molar-refractivity contribution is -0.384. The van der Waals surface area contributed by atoms with Crippen LogP contribution in [-0.4, -0.2) is 29.8 Å². The van der Waals surface area contributed by atoms with Gasteiger partial charge in [-0.05, 0) is 6.07 Å². The van der Waals surface area contributed by atoms with Crippen molar-refractivity contribution >= 4 is 34.6 Å². The topological polar surface area (TPSA) is 70.2 Å². The lowest BCUT2D eigenvalue weighted by atomic mass is 10.1. The van der Waals surface area contributed by atoms with Crippen molar-refractivity contribution < 1.29 is 4.92 Å². The second-order valence-corrected chi connectivity index (χ2v) is 4.19. The van der Waals surface area contributed by atoms with Gasteiger partial charge in [-0.15, -0.1) is 23.2 Å². The van der Waals surface area contributed by atoms with Crippen LogP contribution in [0.5, 0.6) is 0 Å². The van der Waals surface area contributed by atoms with Crippen molar-refractivity contribution in [2.45, 2.75) is 0 Å². The monoisotopic (exact) mass is 287 g/mol. The highest BCUT2D eigenvalue weighted by molar-refractivity contribution is 6.18. The molecule has 0 aromatic heterocycles. The molecule has 0 radical (unpaired) electrons. The first-order chi connectivity index (χ1) is 8.63. The molecule has 1 aromatic carbocycles. The van der Waals surface area contributed by atoms with Gasteiger partial charge in [-0.25, -0.2) is 0 Å². The maximum absolute atomic E-state index is 10.6. The van der Waals surface area contributed by atoms with Crippen LogP contribution in [0, 0.1) is 21.4 Å². The molecule has 7 heteroatoms. The molecule has 0 bridgehead atoms. The van der Waals surface area contributed by atoms with Gasteiger partial charge in [0.05, 0.1) is 16.2 Å². The third-order valence-electron chi connectivity index (χ3n) is 2.36. The van der Waals surface area contributed by atoms with Gasteiger partial charge in [0.2, 0.25) is 0 Å². The minimum Gasteiger partial charge on any atom is -0.368 e. The summed E-state index contributed by atoms with van der Waals surface area (Å²) in [5.41, 5.74) is 0.760. The first kappa shape index (κ1) is 14.6. The van der Waals surface area contributed by atoms with Crippen LogP contribution in [0.15, 0.2) is 18.2 Å². The van der Waals surface area contributed by atoms with Gasteiger partial charge in [-0.2, -0.15) is 5.26 Å². The molecule has 1 aromatic rings. The van der Waals surface area contributed by atoms with E-state index in [2.05, 4.69) is 0 Å². The number of rotatable bonds is 6. The molecule has 0 saturated heterocycles. The van der Waals surface area contributed by atoms with Crippen LogP contribution in [0.4, 0.5) is 11.4 Å². The summed E-state index contributed by atoms with van der Waals surface area (Å²) in [4.78, 5) is 11.9. The Labute approximate surface area is 115 Å². The van der Waals surface area contributed by atoms with E-state index in [-0.39, 0.29) is 11.3 Å². The largest absolute Gasteiger partial charge is 0.368 e. The van der Waals surface area contributed by atoms with Crippen LogP contribution in [0.3, 0.4) is 0 Å². The predicted molar refractivity (Wildman–Crippen MR) is 71.5 cm³/mol. The van der Waals surface area contributed by atoms with Gasteiger partial charge in [0, 0.05) is 37.0 Å². The van der Waals surface area contributed by atoms with Gasteiger partial charge < -0.3 is 4.90 Å². The molecule has 0 atom stereocenters. The normalized spacial score (nSPS) is 9.83. The zero-order chi connectivity index (χ0) is 13.5. The van der Waals surface area contributed by atoms with Crippen molar-refractivity contribution in [1.82, 2.24) is 0 Å². The van der Waals surface area contributed by atoms with Crippen molar-refractivity contribution in [3.63, 3.8) is 0 Å². The van der Waals surface area contributed by atoms with Crippen molar-refractivity contribution in [3.8, 4) is 6.07 Å². The van der Waals surface area contributed by atoms with Crippen LogP contribution in [0.2, 0.25) is 0 Å². The molecule has 0 unspecified atom stereocenters. The second-order valence-electron chi connectivity index (χ2n) is 3.44. The van der Waals surface area contributed by atoms with Crippen LogP contribution in [-0.2, 0) is 0 Å². The van der Waals surface area contributed by atoms with E-state index < -0.39 is 4.92 Å². The fraction of sp³-hybridized carbons (Fsp3) is 0.364. The number of non-ortho nitro benzene ring substituents is 1. The molecular formula is C11H11Cl2N3O2. The van der Waals surface area contributed by atoms with Gasteiger partial charge in [-0.3, -0.25) is 10.1 Å². The SMILES string of the molecule is N#Cc1cc([N+](=O)[O-])ccc1N(CCCl)CCCl. The van der Waals surface area contributed by atoms with Gasteiger partial charge in [0.1, 0.15) is 6.07 Å². The summed E-state index contributed by atoms with van der Waals surface area (Å²) in [6, 6.07) is 6.13. The van der Waals surface area contributed by atoms with Gasteiger partial charge in [0.15, 0.2) is 0 Å². The molecule has 0 spiro atoms. The van der Waals surface area contributed by atoms with Gasteiger partial charge >= 0.3 is 0 Å². The number of hydrogen-bond donors (Lipinski definition) is 0. The van der Waals surface area contributed by atoms with Gasteiger partial charge in [-0.1, -0.05) is 0 Å². The van der Waals surface area contributed by atoms with Crippen LogP contribution < -0.4 is 4.90 Å². The summed E-state index contributed by atoms with van der Waals surface area (Å²) in [5, 5.41) is 19.7. The highest BCUT2D eigenvalue weighted by Gasteiger charge is 2.15. The van der Waals surface area contributed by atoms with Crippen LogP contribution in [0.1, 0.15) is 5.56 Å². The van der Waals surface area contributed by atoms with Crippen LogP contribution in [0.25, 0.3) is 0 Å². The van der Waals surface area contributed by atoms with E-state index in [1.54, 1.807) is 6.07 Å². The van der Waals surface area contributed by atoms with E-state index in [0.29, 0.717) is 30.5 Å². The maximum Gasteiger partial charge on any atom is 0.270 e. The van der Waals surface area contributed by atoms with E-state index in [4.69, 9.17) is 28.5 Å². The molecule has 0 N–H and O–H groups in total. The Morgan fingerprint density at radius 1 is 1.33 bits per heavy atom. The minimum atomic E-state index is -0.530. The molecular weight excluding hydrogens is 277 g/mol. The first-order valence-corrected chi connectivity index (χ1v) is 6.26. The predicted octanol–water partition coefficient (Wildman–Crippen LogP) is 2.75. The van der Waals surface area contributed by atoms with E-state index >= 15 is 0 Å². The van der Waals surface area contributed by atoms with E-state index in [9.17, 15) is 10.1 Å². The minimum absolute atomic E-state index is 0.105. The molecule has 96 valence electrons. The zero-order valence-corrected chi connectivity index (χ0v) is 11.0. The molecule has 0 aliphatic rings. The third kappa shape index (κ3) is 3.49.